The first kappa shape index (κ1) is 14.0. The quantitative estimate of drug-likeness (QED) is 0.719. The zero-order valence-corrected chi connectivity index (χ0v) is 10.9. The van der Waals surface area contributed by atoms with Crippen molar-refractivity contribution in [1.82, 2.24) is 5.32 Å². The van der Waals surface area contributed by atoms with Crippen molar-refractivity contribution in [2.45, 2.75) is 76.7 Å². The Bertz CT molecular complexity index is 274. The fourth-order valence-electron chi connectivity index (χ4n) is 2.46. The smallest absolute Gasteiger partial charge is 0.221 e. The highest BCUT2D eigenvalue weighted by Crippen LogP contribution is 2.27. The van der Waals surface area contributed by atoms with Crippen molar-refractivity contribution in [3.05, 3.63) is 0 Å². The molecule has 0 bridgehead atoms. The number of nitriles is 1. The fourth-order valence-corrected chi connectivity index (χ4v) is 2.46. The zero-order valence-electron chi connectivity index (χ0n) is 10.9. The Morgan fingerprint density at radius 2 is 1.94 bits per heavy atom. The second kappa shape index (κ2) is 7.32. The lowest BCUT2D eigenvalue weighted by Crippen LogP contribution is -2.48. The lowest BCUT2D eigenvalue weighted by atomic mass is 9.83. The van der Waals surface area contributed by atoms with E-state index in [9.17, 15) is 10.1 Å². The number of hydrogen-bond donors (Lipinski definition) is 1. The van der Waals surface area contributed by atoms with Crippen LogP contribution in [0.1, 0.15) is 71.1 Å². The van der Waals surface area contributed by atoms with Crippen molar-refractivity contribution in [2.75, 3.05) is 0 Å². The summed E-state index contributed by atoms with van der Waals surface area (Å²) in [5, 5.41) is 12.2. The van der Waals surface area contributed by atoms with E-state index in [4.69, 9.17) is 0 Å². The monoisotopic (exact) mass is 236 g/mol. The summed E-state index contributed by atoms with van der Waals surface area (Å²) in [6, 6.07) is 2.32. The Hall–Kier alpha value is -1.04. The van der Waals surface area contributed by atoms with Gasteiger partial charge < -0.3 is 5.32 Å². The highest BCUT2D eigenvalue weighted by atomic mass is 16.1. The van der Waals surface area contributed by atoms with Gasteiger partial charge in [0.05, 0.1) is 6.07 Å². The summed E-state index contributed by atoms with van der Waals surface area (Å²) in [6.45, 7) is 2.16. The number of nitrogens with one attached hydrogen (secondary N) is 1. The van der Waals surface area contributed by atoms with E-state index in [1.54, 1.807) is 0 Å². The van der Waals surface area contributed by atoms with Crippen LogP contribution in [-0.2, 0) is 4.79 Å². The summed E-state index contributed by atoms with van der Waals surface area (Å²) in [4.78, 5) is 11.8. The minimum atomic E-state index is -0.555. The van der Waals surface area contributed by atoms with E-state index < -0.39 is 5.54 Å². The molecule has 3 heteroatoms. The largest absolute Gasteiger partial charge is 0.338 e. The number of carbonyl (C=O) groups excluding carboxylic acids is 1. The molecule has 1 N–H and O–H groups in total. The maximum Gasteiger partial charge on any atom is 0.221 e. The molecular weight excluding hydrogens is 212 g/mol. The third kappa shape index (κ3) is 4.77. The van der Waals surface area contributed by atoms with Crippen LogP contribution in [0.5, 0.6) is 0 Å². The van der Waals surface area contributed by atoms with Crippen LogP contribution in [0.25, 0.3) is 0 Å². The van der Waals surface area contributed by atoms with Crippen molar-refractivity contribution in [3.8, 4) is 6.07 Å². The van der Waals surface area contributed by atoms with Gasteiger partial charge in [-0.2, -0.15) is 5.26 Å². The van der Waals surface area contributed by atoms with Gasteiger partial charge in [-0.25, -0.2) is 0 Å². The molecule has 17 heavy (non-hydrogen) atoms. The summed E-state index contributed by atoms with van der Waals surface area (Å²) in [5.41, 5.74) is -0.555. The standard InChI is InChI=1S/C14H24N2O/c1-2-3-4-6-9-13(17)16-14(12-15)10-7-5-8-11-14/h2-11H2,1H3,(H,16,17). The average molecular weight is 236 g/mol. The summed E-state index contributed by atoms with van der Waals surface area (Å²) in [7, 11) is 0. The van der Waals surface area contributed by atoms with Crippen LogP contribution >= 0.6 is 0 Å². The van der Waals surface area contributed by atoms with Crippen LogP contribution in [0.4, 0.5) is 0 Å². The number of carbonyl (C=O) groups is 1. The molecule has 0 aromatic rings. The summed E-state index contributed by atoms with van der Waals surface area (Å²) in [5.74, 6) is 0.0598. The van der Waals surface area contributed by atoms with Crippen LogP contribution in [0.3, 0.4) is 0 Å². The molecule has 1 fully saturated rings. The third-order valence-electron chi connectivity index (χ3n) is 3.56. The molecule has 1 amide bonds. The molecule has 0 aliphatic heterocycles. The van der Waals surface area contributed by atoms with Gasteiger partial charge in [-0.3, -0.25) is 4.79 Å². The second-order valence-corrected chi connectivity index (χ2v) is 5.11. The van der Waals surface area contributed by atoms with Crippen molar-refractivity contribution < 1.29 is 4.79 Å². The Morgan fingerprint density at radius 1 is 1.24 bits per heavy atom. The van der Waals surface area contributed by atoms with Gasteiger partial charge in [0.15, 0.2) is 0 Å². The predicted octanol–water partition coefficient (Wildman–Crippen LogP) is 3.30. The molecule has 1 saturated carbocycles. The molecular formula is C14H24N2O. The van der Waals surface area contributed by atoms with Crippen molar-refractivity contribution in [1.29, 1.82) is 5.26 Å². The van der Waals surface area contributed by atoms with Crippen LogP contribution in [0, 0.1) is 11.3 Å². The van der Waals surface area contributed by atoms with E-state index >= 15 is 0 Å². The van der Waals surface area contributed by atoms with Gasteiger partial charge in [0.25, 0.3) is 0 Å². The first-order valence-electron chi connectivity index (χ1n) is 6.95. The molecule has 0 aromatic carbocycles. The minimum absolute atomic E-state index is 0.0598. The van der Waals surface area contributed by atoms with Crippen molar-refractivity contribution >= 4 is 5.91 Å². The topological polar surface area (TPSA) is 52.9 Å². The minimum Gasteiger partial charge on any atom is -0.338 e. The molecule has 0 saturated heterocycles. The Kier molecular flexibility index (Phi) is 6.04. The van der Waals surface area contributed by atoms with Gasteiger partial charge in [0.2, 0.25) is 5.91 Å². The molecule has 0 radical (unpaired) electrons. The molecule has 96 valence electrons. The molecule has 1 aliphatic carbocycles. The lowest BCUT2D eigenvalue weighted by Gasteiger charge is -2.31. The number of unbranched alkanes of at least 4 members (excludes halogenated alkanes) is 3. The van der Waals surface area contributed by atoms with E-state index in [0.717, 1.165) is 38.5 Å². The van der Waals surface area contributed by atoms with Crippen LogP contribution < -0.4 is 5.32 Å². The number of hydrogen-bond acceptors (Lipinski definition) is 2. The van der Waals surface area contributed by atoms with E-state index in [-0.39, 0.29) is 5.91 Å². The Balaban J connectivity index is 2.30. The normalized spacial score (nSPS) is 18.4. The van der Waals surface area contributed by atoms with Crippen LogP contribution in [0.2, 0.25) is 0 Å². The van der Waals surface area contributed by atoms with E-state index in [1.165, 1.54) is 19.3 Å². The van der Waals surface area contributed by atoms with Crippen molar-refractivity contribution in [3.63, 3.8) is 0 Å². The predicted molar refractivity (Wildman–Crippen MR) is 68.3 cm³/mol. The maximum atomic E-state index is 11.8. The lowest BCUT2D eigenvalue weighted by molar-refractivity contribution is -0.122. The second-order valence-electron chi connectivity index (χ2n) is 5.11. The van der Waals surface area contributed by atoms with Gasteiger partial charge in [0, 0.05) is 6.42 Å². The Labute approximate surface area is 105 Å². The fraction of sp³-hybridized carbons (Fsp3) is 0.857. The average Bonchev–Trinajstić information content (AvgIpc) is 2.36. The summed E-state index contributed by atoms with van der Waals surface area (Å²) in [6.07, 6.45) is 9.96. The van der Waals surface area contributed by atoms with Gasteiger partial charge in [-0.1, -0.05) is 45.4 Å². The van der Waals surface area contributed by atoms with E-state index in [2.05, 4.69) is 18.3 Å². The molecule has 3 nitrogen and oxygen atoms in total. The van der Waals surface area contributed by atoms with E-state index in [1.807, 2.05) is 0 Å². The highest BCUT2D eigenvalue weighted by molar-refractivity contribution is 5.77. The third-order valence-corrected chi connectivity index (χ3v) is 3.56. The van der Waals surface area contributed by atoms with Crippen molar-refractivity contribution in [2.24, 2.45) is 0 Å². The number of amides is 1. The highest BCUT2D eigenvalue weighted by Gasteiger charge is 2.33. The summed E-state index contributed by atoms with van der Waals surface area (Å²) >= 11 is 0. The molecule has 1 rings (SSSR count). The molecule has 1 aliphatic rings. The molecule has 0 atom stereocenters. The maximum absolute atomic E-state index is 11.8. The van der Waals surface area contributed by atoms with Gasteiger partial charge in [0.1, 0.15) is 5.54 Å². The van der Waals surface area contributed by atoms with Gasteiger partial charge in [-0.05, 0) is 19.3 Å². The van der Waals surface area contributed by atoms with Crippen LogP contribution in [0.15, 0.2) is 0 Å². The molecule has 0 heterocycles. The zero-order chi connectivity index (χ0) is 12.6. The first-order valence-corrected chi connectivity index (χ1v) is 6.95. The molecule has 0 aromatic heterocycles. The van der Waals surface area contributed by atoms with Gasteiger partial charge >= 0.3 is 0 Å². The number of rotatable bonds is 6. The molecule has 0 spiro atoms. The Morgan fingerprint density at radius 3 is 2.53 bits per heavy atom. The number of nitrogens with zero attached hydrogens (tertiary/aromatic N) is 1. The molecule has 0 unspecified atom stereocenters. The van der Waals surface area contributed by atoms with Gasteiger partial charge in [-0.15, -0.1) is 0 Å². The SMILES string of the molecule is CCCCCCC(=O)NC1(C#N)CCCCC1. The van der Waals surface area contributed by atoms with Crippen LogP contribution in [-0.4, -0.2) is 11.4 Å². The van der Waals surface area contributed by atoms with E-state index in [0.29, 0.717) is 6.42 Å². The summed E-state index contributed by atoms with van der Waals surface area (Å²) < 4.78 is 0. The first-order chi connectivity index (χ1) is 8.22.